The van der Waals surface area contributed by atoms with Crippen LogP contribution in [-0.4, -0.2) is 30.1 Å². The molecule has 5 heteroatoms. The summed E-state index contributed by atoms with van der Waals surface area (Å²) in [5.41, 5.74) is 0.538. The second kappa shape index (κ2) is 8.19. The molecule has 0 aliphatic carbocycles. The summed E-state index contributed by atoms with van der Waals surface area (Å²) >= 11 is 0. The van der Waals surface area contributed by atoms with Crippen molar-refractivity contribution in [3.8, 4) is 5.75 Å². The molecule has 0 spiro atoms. The molecule has 1 rings (SSSR count). The number of amides is 1. The minimum absolute atomic E-state index is 0.0457. The number of hydrogen-bond donors (Lipinski definition) is 2. The number of carbonyl (C=O) groups excluding carboxylic acids is 1. The van der Waals surface area contributed by atoms with Crippen LogP contribution < -0.4 is 10.1 Å². The summed E-state index contributed by atoms with van der Waals surface area (Å²) < 4.78 is 5.43. The zero-order valence-corrected chi connectivity index (χ0v) is 11.9. The highest BCUT2D eigenvalue weighted by molar-refractivity contribution is 5.94. The predicted molar refractivity (Wildman–Crippen MR) is 76.0 cm³/mol. The molecule has 1 atom stereocenters. The number of aliphatic carboxylic acids is 1. The van der Waals surface area contributed by atoms with Crippen LogP contribution in [0.25, 0.3) is 0 Å². The predicted octanol–water partition coefficient (Wildman–Crippen LogP) is 2.32. The fourth-order valence-corrected chi connectivity index (χ4v) is 1.66. The van der Waals surface area contributed by atoms with Gasteiger partial charge in [0.15, 0.2) is 0 Å². The standard InChI is InChI=1S/C15H21NO4/c1-3-8-20-13-6-4-12(5-7-13)15(19)16-10-11(2)9-14(17)18/h4-7,11H,3,8-10H2,1-2H3,(H,16,19)(H,17,18). The van der Waals surface area contributed by atoms with E-state index in [9.17, 15) is 9.59 Å². The van der Waals surface area contributed by atoms with E-state index < -0.39 is 5.97 Å². The highest BCUT2D eigenvalue weighted by Crippen LogP contribution is 2.12. The molecule has 1 aromatic carbocycles. The lowest BCUT2D eigenvalue weighted by molar-refractivity contribution is -0.137. The summed E-state index contributed by atoms with van der Waals surface area (Å²) in [5.74, 6) is -0.417. The maximum Gasteiger partial charge on any atom is 0.303 e. The zero-order chi connectivity index (χ0) is 15.0. The second-order valence-corrected chi connectivity index (χ2v) is 4.79. The molecular formula is C15H21NO4. The Bertz CT molecular complexity index is 442. The molecule has 110 valence electrons. The number of carboxylic acids is 1. The van der Waals surface area contributed by atoms with Crippen LogP contribution in [0, 0.1) is 5.92 Å². The zero-order valence-electron chi connectivity index (χ0n) is 11.9. The van der Waals surface area contributed by atoms with Crippen molar-refractivity contribution in [3.05, 3.63) is 29.8 Å². The molecule has 5 nitrogen and oxygen atoms in total. The molecule has 0 saturated carbocycles. The molecule has 0 bridgehead atoms. The number of benzene rings is 1. The first-order valence-corrected chi connectivity index (χ1v) is 6.75. The van der Waals surface area contributed by atoms with Crippen LogP contribution >= 0.6 is 0 Å². The normalized spacial score (nSPS) is 11.7. The van der Waals surface area contributed by atoms with Crippen LogP contribution in [0.1, 0.15) is 37.0 Å². The Balaban J connectivity index is 2.45. The van der Waals surface area contributed by atoms with E-state index in [-0.39, 0.29) is 18.2 Å². The van der Waals surface area contributed by atoms with Crippen LogP contribution in [0.5, 0.6) is 5.75 Å². The monoisotopic (exact) mass is 279 g/mol. The van der Waals surface area contributed by atoms with Gasteiger partial charge >= 0.3 is 5.97 Å². The van der Waals surface area contributed by atoms with Gasteiger partial charge in [-0.3, -0.25) is 9.59 Å². The number of hydrogen-bond acceptors (Lipinski definition) is 3. The van der Waals surface area contributed by atoms with E-state index in [1.807, 2.05) is 6.92 Å². The SMILES string of the molecule is CCCOc1ccc(C(=O)NCC(C)CC(=O)O)cc1. The highest BCUT2D eigenvalue weighted by Gasteiger charge is 2.10. The number of ether oxygens (including phenoxy) is 1. The van der Waals surface area contributed by atoms with Gasteiger partial charge in [-0.1, -0.05) is 13.8 Å². The molecule has 0 radical (unpaired) electrons. The van der Waals surface area contributed by atoms with Gasteiger partial charge < -0.3 is 15.2 Å². The van der Waals surface area contributed by atoms with Crippen molar-refractivity contribution in [2.24, 2.45) is 5.92 Å². The Morgan fingerprint density at radius 3 is 2.50 bits per heavy atom. The average Bonchev–Trinajstić information content (AvgIpc) is 2.42. The highest BCUT2D eigenvalue weighted by atomic mass is 16.5. The van der Waals surface area contributed by atoms with Gasteiger partial charge in [-0.05, 0) is 36.6 Å². The quantitative estimate of drug-likeness (QED) is 0.765. The molecule has 0 saturated heterocycles. The Morgan fingerprint density at radius 2 is 1.95 bits per heavy atom. The number of carbonyl (C=O) groups is 2. The Kier molecular flexibility index (Phi) is 6.56. The average molecular weight is 279 g/mol. The van der Waals surface area contributed by atoms with Gasteiger partial charge in [-0.2, -0.15) is 0 Å². The first-order chi connectivity index (χ1) is 9.52. The topological polar surface area (TPSA) is 75.6 Å². The lowest BCUT2D eigenvalue weighted by Crippen LogP contribution is -2.29. The third-order valence-electron chi connectivity index (χ3n) is 2.72. The smallest absolute Gasteiger partial charge is 0.303 e. The molecule has 1 unspecified atom stereocenters. The van der Waals surface area contributed by atoms with E-state index in [1.165, 1.54) is 0 Å². The van der Waals surface area contributed by atoms with E-state index in [0.717, 1.165) is 12.2 Å². The summed E-state index contributed by atoms with van der Waals surface area (Å²) in [5, 5.41) is 11.4. The molecular weight excluding hydrogens is 258 g/mol. The minimum atomic E-state index is -0.857. The summed E-state index contributed by atoms with van der Waals surface area (Å²) in [7, 11) is 0. The molecule has 0 heterocycles. The second-order valence-electron chi connectivity index (χ2n) is 4.79. The maximum absolute atomic E-state index is 11.9. The van der Waals surface area contributed by atoms with Crippen molar-refractivity contribution < 1.29 is 19.4 Å². The van der Waals surface area contributed by atoms with Crippen molar-refractivity contribution in [1.29, 1.82) is 0 Å². The van der Waals surface area contributed by atoms with Gasteiger partial charge in [-0.25, -0.2) is 0 Å². The van der Waals surface area contributed by atoms with Crippen molar-refractivity contribution in [2.45, 2.75) is 26.7 Å². The maximum atomic E-state index is 11.9. The van der Waals surface area contributed by atoms with Gasteiger partial charge in [0.1, 0.15) is 5.75 Å². The van der Waals surface area contributed by atoms with Gasteiger partial charge in [0.05, 0.1) is 6.61 Å². The lowest BCUT2D eigenvalue weighted by Gasteiger charge is -2.11. The third-order valence-corrected chi connectivity index (χ3v) is 2.72. The first-order valence-electron chi connectivity index (χ1n) is 6.75. The van der Waals surface area contributed by atoms with E-state index in [4.69, 9.17) is 9.84 Å². The Hall–Kier alpha value is -2.04. The van der Waals surface area contributed by atoms with Gasteiger partial charge in [0.2, 0.25) is 0 Å². The van der Waals surface area contributed by atoms with Crippen molar-refractivity contribution in [3.63, 3.8) is 0 Å². The molecule has 1 amide bonds. The minimum Gasteiger partial charge on any atom is -0.494 e. The van der Waals surface area contributed by atoms with Gasteiger partial charge in [0.25, 0.3) is 5.91 Å². The van der Waals surface area contributed by atoms with E-state index in [2.05, 4.69) is 5.32 Å². The fraction of sp³-hybridized carbons (Fsp3) is 0.467. The van der Waals surface area contributed by atoms with Crippen LogP contribution in [-0.2, 0) is 4.79 Å². The van der Waals surface area contributed by atoms with E-state index in [1.54, 1.807) is 31.2 Å². The Labute approximate surface area is 118 Å². The van der Waals surface area contributed by atoms with Crippen molar-refractivity contribution >= 4 is 11.9 Å². The van der Waals surface area contributed by atoms with Crippen LogP contribution in [0.2, 0.25) is 0 Å². The van der Waals surface area contributed by atoms with Crippen molar-refractivity contribution in [1.82, 2.24) is 5.32 Å². The summed E-state index contributed by atoms with van der Waals surface area (Å²) in [6, 6.07) is 6.90. The van der Waals surface area contributed by atoms with E-state index in [0.29, 0.717) is 18.7 Å². The molecule has 0 aromatic heterocycles. The Morgan fingerprint density at radius 1 is 1.30 bits per heavy atom. The summed E-state index contributed by atoms with van der Waals surface area (Å²) in [4.78, 5) is 22.4. The molecule has 0 aliphatic heterocycles. The first kappa shape index (κ1) is 16.0. The van der Waals surface area contributed by atoms with Crippen LogP contribution in [0.3, 0.4) is 0 Å². The molecule has 0 aliphatic rings. The van der Waals surface area contributed by atoms with Gasteiger partial charge in [0, 0.05) is 18.5 Å². The van der Waals surface area contributed by atoms with Crippen molar-refractivity contribution in [2.75, 3.05) is 13.2 Å². The number of nitrogens with one attached hydrogen (secondary N) is 1. The molecule has 1 aromatic rings. The third kappa shape index (κ3) is 5.73. The number of carboxylic acid groups (broad SMARTS) is 1. The largest absolute Gasteiger partial charge is 0.494 e. The lowest BCUT2D eigenvalue weighted by atomic mass is 10.1. The van der Waals surface area contributed by atoms with Gasteiger partial charge in [-0.15, -0.1) is 0 Å². The van der Waals surface area contributed by atoms with E-state index >= 15 is 0 Å². The van der Waals surface area contributed by atoms with Crippen LogP contribution in [0.15, 0.2) is 24.3 Å². The molecule has 0 fully saturated rings. The molecule has 2 N–H and O–H groups in total. The summed E-state index contributed by atoms with van der Waals surface area (Å²) in [6.07, 6.45) is 0.980. The number of rotatable bonds is 8. The summed E-state index contributed by atoms with van der Waals surface area (Å²) in [6.45, 7) is 4.81. The van der Waals surface area contributed by atoms with Crippen LogP contribution in [0.4, 0.5) is 0 Å². The fourth-order valence-electron chi connectivity index (χ4n) is 1.66. The molecule has 20 heavy (non-hydrogen) atoms.